The first-order chi connectivity index (χ1) is 30.6. The summed E-state index contributed by atoms with van der Waals surface area (Å²) in [5.41, 5.74) is 11.6. The predicted octanol–water partition coefficient (Wildman–Crippen LogP) is 13.2. The molecule has 0 atom stereocenters. The summed E-state index contributed by atoms with van der Waals surface area (Å²) in [4.78, 5) is 15.2. The molecule has 1 heterocycles. The average Bonchev–Trinajstić information content (AvgIpc) is 3.37. The van der Waals surface area contributed by atoms with Crippen molar-refractivity contribution in [2.75, 3.05) is 0 Å². The molecule has 0 aliphatic carbocycles. The third-order valence-electron chi connectivity index (χ3n) is 11.3. The number of aromatic nitrogens is 3. The quantitative estimate of drug-likeness (QED) is 0.129. The minimum absolute atomic E-state index is 0.603. The van der Waals surface area contributed by atoms with Crippen LogP contribution < -0.4 is 15.9 Å². The molecule has 4 nitrogen and oxygen atoms in total. The molecule has 0 radical (unpaired) electrons. The van der Waals surface area contributed by atoms with Gasteiger partial charge in [0.05, 0.1) is 0 Å². The Kier molecular flexibility index (Phi) is 10.6. The van der Waals surface area contributed by atoms with E-state index >= 15 is 0 Å². The molecule has 0 N–H and O–H groups in total. The van der Waals surface area contributed by atoms with Gasteiger partial charge in [-0.1, -0.05) is 237 Å². The maximum Gasteiger partial charge on any atom is 0.171 e. The van der Waals surface area contributed by atoms with Crippen LogP contribution in [0, 0.1) is 0 Å². The first-order valence-corrected chi connectivity index (χ1v) is 22.4. The highest BCUT2D eigenvalue weighted by molar-refractivity contribution is 7.85. The van der Waals surface area contributed by atoms with Gasteiger partial charge in [-0.25, -0.2) is 15.0 Å². The van der Waals surface area contributed by atoms with Gasteiger partial charge in [0.15, 0.2) is 24.6 Å². The minimum atomic E-state index is -3.05. The minimum Gasteiger partial charge on any atom is -0.309 e. The van der Waals surface area contributed by atoms with Crippen LogP contribution in [-0.4, -0.2) is 15.0 Å². The zero-order valence-corrected chi connectivity index (χ0v) is 34.7. The lowest BCUT2D eigenvalue weighted by molar-refractivity contribution is 0.592. The number of hydrogen-bond donors (Lipinski definition) is 0. The van der Waals surface area contributed by atoms with E-state index in [0.717, 1.165) is 77.1 Å². The van der Waals surface area contributed by atoms with E-state index in [9.17, 15) is 4.57 Å². The van der Waals surface area contributed by atoms with Crippen molar-refractivity contribution in [3.63, 3.8) is 0 Å². The molecule has 0 spiro atoms. The molecule has 0 amide bonds. The molecule has 0 bridgehead atoms. The summed E-state index contributed by atoms with van der Waals surface area (Å²) < 4.78 is 14.9. The van der Waals surface area contributed by atoms with Gasteiger partial charge >= 0.3 is 0 Å². The summed E-state index contributed by atoms with van der Waals surface area (Å²) in [7, 11) is -3.05. The lowest BCUT2D eigenvalue weighted by atomic mass is 9.99. The molecule has 0 aliphatic heterocycles. The number of rotatable bonds is 10. The Hall–Kier alpha value is -7.78. The second-order valence-electron chi connectivity index (χ2n) is 15.2. The van der Waals surface area contributed by atoms with E-state index < -0.39 is 7.14 Å². The standard InChI is InChI=1S/C57H40N3OP/c61-62(52-20-9-3-10-21-52,53-22-11-4-12-23-53)54-38-36-46(37-39-54)45-24-26-47(27-25-45)50-18-13-19-51(40-50)57-59-55(48-32-28-43(29-33-48)41-14-5-1-6-15-41)58-56(60-57)49-34-30-44(31-35-49)42-16-7-2-8-17-42/h1-40H. The maximum atomic E-state index is 14.9. The van der Waals surface area contributed by atoms with Crippen LogP contribution in [0.15, 0.2) is 243 Å². The van der Waals surface area contributed by atoms with Gasteiger partial charge in [-0.3, -0.25) is 0 Å². The number of hydrogen-bond acceptors (Lipinski definition) is 4. The first kappa shape index (κ1) is 38.4. The van der Waals surface area contributed by atoms with Gasteiger partial charge in [-0.2, -0.15) is 0 Å². The summed E-state index contributed by atoms with van der Waals surface area (Å²) in [6, 6.07) is 82.2. The topological polar surface area (TPSA) is 55.7 Å². The molecule has 5 heteroatoms. The monoisotopic (exact) mass is 813 g/mol. The average molecular weight is 814 g/mol. The molecule has 1 aromatic heterocycles. The van der Waals surface area contributed by atoms with E-state index in [2.05, 4.69) is 158 Å². The number of nitrogens with zero attached hydrogens (tertiary/aromatic N) is 3. The van der Waals surface area contributed by atoms with Gasteiger partial charge in [-0.05, 0) is 50.6 Å². The Morgan fingerprint density at radius 2 is 0.484 bits per heavy atom. The van der Waals surface area contributed by atoms with Crippen molar-refractivity contribution in [1.29, 1.82) is 0 Å². The fourth-order valence-corrected chi connectivity index (χ4v) is 10.6. The van der Waals surface area contributed by atoms with Crippen LogP contribution >= 0.6 is 7.14 Å². The molecule has 10 aromatic rings. The van der Waals surface area contributed by atoms with Crippen LogP contribution in [0.25, 0.3) is 78.7 Å². The van der Waals surface area contributed by atoms with Crippen molar-refractivity contribution in [1.82, 2.24) is 15.0 Å². The van der Waals surface area contributed by atoms with E-state index in [-0.39, 0.29) is 0 Å². The fraction of sp³-hybridized carbons (Fsp3) is 0. The van der Waals surface area contributed by atoms with E-state index in [1.54, 1.807) is 0 Å². The molecule has 294 valence electrons. The highest BCUT2D eigenvalue weighted by Crippen LogP contribution is 2.42. The second-order valence-corrected chi connectivity index (χ2v) is 17.9. The fourth-order valence-electron chi connectivity index (χ4n) is 7.93. The molecular formula is C57H40N3OP. The van der Waals surface area contributed by atoms with Crippen molar-refractivity contribution in [2.45, 2.75) is 0 Å². The van der Waals surface area contributed by atoms with Crippen molar-refractivity contribution < 1.29 is 4.57 Å². The van der Waals surface area contributed by atoms with Crippen LogP contribution in [0.3, 0.4) is 0 Å². The Bertz CT molecular complexity index is 3000. The highest BCUT2D eigenvalue weighted by atomic mass is 31.2. The smallest absolute Gasteiger partial charge is 0.171 e. The lowest BCUT2D eigenvalue weighted by Gasteiger charge is -2.20. The molecule has 0 fully saturated rings. The van der Waals surface area contributed by atoms with Gasteiger partial charge in [-0.15, -0.1) is 0 Å². The maximum absolute atomic E-state index is 14.9. The molecule has 0 unspecified atom stereocenters. The van der Waals surface area contributed by atoms with Crippen LogP contribution in [0.5, 0.6) is 0 Å². The Labute approximate surface area is 362 Å². The molecule has 9 aromatic carbocycles. The van der Waals surface area contributed by atoms with Gasteiger partial charge in [0.2, 0.25) is 0 Å². The summed E-state index contributed by atoms with van der Waals surface area (Å²) >= 11 is 0. The normalized spacial score (nSPS) is 11.3. The largest absolute Gasteiger partial charge is 0.309 e. The SMILES string of the molecule is O=P(c1ccccc1)(c1ccccc1)c1ccc(-c2ccc(-c3cccc(-c4nc(-c5ccc(-c6ccccc6)cc5)nc(-c5ccc(-c6ccccc6)cc5)n4)c3)cc2)cc1. The Balaban J connectivity index is 0.961. The van der Waals surface area contributed by atoms with E-state index in [1.807, 2.05) is 84.9 Å². The van der Waals surface area contributed by atoms with Crippen LogP contribution in [0.2, 0.25) is 0 Å². The van der Waals surface area contributed by atoms with Crippen molar-refractivity contribution in [2.24, 2.45) is 0 Å². The molecule has 62 heavy (non-hydrogen) atoms. The highest BCUT2D eigenvalue weighted by Gasteiger charge is 2.29. The molecular weight excluding hydrogens is 774 g/mol. The van der Waals surface area contributed by atoms with Crippen LogP contribution in [0.1, 0.15) is 0 Å². The number of benzene rings is 9. The first-order valence-electron chi connectivity index (χ1n) is 20.7. The predicted molar refractivity (Wildman–Crippen MR) is 257 cm³/mol. The molecule has 0 aliphatic rings. The third kappa shape index (κ3) is 7.84. The van der Waals surface area contributed by atoms with Gasteiger partial charge < -0.3 is 4.57 Å². The summed E-state index contributed by atoms with van der Waals surface area (Å²) in [5, 5.41) is 2.46. The zero-order chi connectivity index (χ0) is 41.7. The lowest BCUT2D eigenvalue weighted by Crippen LogP contribution is -2.24. The molecule has 0 saturated heterocycles. The Morgan fingerprint density at radius 1 is 0.226 bits per heavy atom. The van der Waals surface area contributed by atoms with E-state index in [0.29, 0.717) is 17.5 Å². The van der Waals surface area contributed by atoms with Gasteiger partial charge in [0.1, 0.15) is 0 Å². The summed E-state index contributed by atoms with van der Waals surface area (Å²) in [5.74, 6) is 1.83. The van der Waals surface area contributed by atoms with Gasteiger partial charge in [0.25, 0.3) is 0 Å². The van der Waals surface area contributed by atoms with Crippen molar-refractivity contribution in [3.05, 3.63) is 243 Å². The van der Waals surface area contributed by atoms with Crippen molar-refractivity contribution in [3.8, 4) is 78.7 Å². The summed E-state index contributed by atoms with van der Waals surface area (Å²) in [6.45, 7) is 0. The van der Waals surface area contributed by atoms with E-state index in [4.69, 9.17) is 15.0 Å². The van der Waals surface area contributed by atoms with E-state index in [1.165, 1.54) is 0 Å². The van der Waals surface area contributed by atoms with Gasteiger partial charge in [0, 0.05) is 32.6 Å². The zero-order valence-electron chi connectivity index (χ0n) is 33.8. The second kappa shape index (κ2) is 17.1. The van der Waals surface area contributed by atoms with Crippen LogP contribution in [-0.2, 0) is 4.57 Å². The van der Waals surface area contributed by atoms with Crippen molar-refractivity contribution >= 4 is 23.1 Å². The third-order valence-corrected chi connectivity index (χ3v) is 14.4. The molecule has 10 rings (SSSR count). The summed E-state index contributed by atoms with van der Waals surface area (Å²) in [6.07, 6.45) is 0. The molecule has 0 saturated carbocycles. The Morgan fingerprint density at radius 3 is 0.887 bits per heavy atom. The van der Waals surface area contributed by atoms with Crippen LogP contribution in [0.4, 0.5) is 0 Å².